The molecular formula is C16H18N2O2S. The van der Waals surface area contributed by atoms with E-state index in [1.165, 1.54) is 5.56 Å². The lowest BCUT2D eigenvalue weighted by atomic mass is 10.00. The standard InChI is InChI=1S/C16H18N2O2S/c1-2-6-17-16(12-5-7-21-10-12)11-3-4-14-13(8-11)18-15(19)9-20-14/h3-5,7-8,10,16-17H,2,6,9H2,1H3,(H,18,19). The highest BCUT2D eigenvalue weighted by molar-refractivity contribution is 7.08. The zero-order valence-corrected chi connectivity index (χ0v) is 12.7. The van der Waals surface area contributed by atoms with Crippen LogP contribution in [0.2, 0.25) is 0 Å². The molecule has 1 unspecified atom stereocenters. The second kappa shape index (κ2) is 6.28. The van der Waals surface area contributed by atoms with Gasteiger partial charge in [0.1, 0.15) is 5.75 Å². The van der Waals surface area contributed by atoms with Gasteiger partial charge >= 0.3 is 0 Å². The van der Waals surface area contributed by atoms with Crippen LogP contribution in [0.5, 0.6) is 5.75 Å². The molecule has 0 saturated carbocycles. The van der Waals surface area contributed by atoms with Crippen molar-refractivity contribution in [2.45, 2.75) is 19.4 Å². The van der Waals surface area contributed by atoms with Crippen molar-refractivity contribution < 1.29 is 9.53 Å². The normalized spacial score (nSPS) is 15.0. The van der Waals surface area contributed by atoms with E-state index >= 15 is 0 Å². The van der Waals surface area contributed by atoms with Crippen molar-refractivity contribution in [2.24, 2.45) is 0 Å². The number of thiophene rings is 1. The van der Waals surface area contributed by atoms with Crippen LogP contribution in [0, 0.1) is 0 Å². The Morgan fingerprint density at radius 2 is 2.29 bits per heavy atom. The monoisotopic (exact) mass is 302 g/mol. The summed E-state index contributed by atoms with van der Waals surface area (Å²) >= 11 is 1.69. The molecule has 0 fully saturated rings. The molecular weight excluding hydrogens is 284 g/mol. The Balaban J connectivity index is 1.92. The topological polar surface area (TPSA) is 50.4 Å². The Bertz CT molecular complexity index is 625. The van der Waals surface area contributed by atoms with Crippen molar-refractivity contribution in [3.8, 4) is 5.75 Å². The van der Waals surface area contributed by atoms with Gasteiger partial charge < -0.3 is 15.4 Å². The summed E-state index contributed by atoms with van der Waals surface area (Å²) in [5.74, 6) is 0.631. The molecule has 0 saturated heterocycles. The summed E-state index contributed by atoms with van der Waals surface area (Å²) in [4.78, 5) is 11.5. The molecule has 2 N–H and O–H groups in total. The first-order valence-electron chi connectivity index (χ1n) is 7.10. The number of carbonyl (C=O) groups excluding carboxylic acids is 1. The molecule has 1 atom stereocenters. The maximum Gasteiger partial charge on any atom is 0.262 e. The van der Waals surface area contributed by atoms with Gasteiger partial charge in [-0.3, -0.25) is 4.79 Å². The minimum Gasteiger partial charge on any atom is -0.482 e. The van der Waals surface area contributed by atoms with Crippen molar-refractivity contribution in [1.82, 2.24) is 5.32 Å². The van der Waals surface area contributed by atoms with E-state index in [0.717, 1.165) is 30.0 Å². The van der Waals surface area contributed by atoms with Gasteiger partial charge in [-0.1, -0.05) is 13.0 Å². The van der Waals surface area contributed by atoms with Gasteiger partial charge in [-0.25, -0.2) is 0 Å². The third-order valence-electron chi connectivity index (χ3n) is 3.44. The number of hydrogen-bond donors (Lipinski definition) is 2. The predicted molar refractivity (Wildman–Crippen MR) is 85.0 cm³/mol. The summed E-state index contributed by atoms with van der Waals surface area (Å²) in [5.41, 5.74) is 3.13. The summed E-state index contributed by atoms with van der Waals surface area (Å²) in [6.07, 6.45) is 1.07. The lowest BCUT2D eigenvalue weighted by Gasteiger charge is -2.22. The second-order valence-corrected chi connectivity index (χ2v) is 5.82. The van der Waals surface area contributed by atoms with Gasteiger partial charge in [0.2, 0.25) is 0 Å². The van der Waals surface area contributed by atoms with Crippen LogP contribution < -0.4 is 15.4 Å². The number of amides is 1. The van der Waals surface area contributed by atoms with E-state index < -0.39 is 0 Å². The van der Waals surface area contributed by atoms with Crippen LogP contribution in [-0.2, 0) is 4.79 Å². The first-order chi connectivity index (χ1) is 10.3. The molecule has 5 heteroatoms. The second-order valence-electron chi connectivity index (χ2n) is 5.04. The molecule has 2 aromatic rings. The number of rotatable bonds is 5. The first-order valence-corrected chi connectivity index (χ1v) is 8.04. The molecule has 0 bridgehead atoms. The Kier molecular flexibility index (Phi) is 4.22. The van der Waals surface area contributed by atoms with E-state index in [0.29, 0.717) is 0 Å². The van der Waals surface area contributed by atoms with E-state index in [1.54, 1.807) is 11.3 Å². The summed E-state index contributed by atoms with van der Waals surface area (Å²) in [6, 6.07) is 8.25. The first kappa shape index (κ1) is 14.1. The highest BCUT2D eigenvalue weighted by Gasteiger charge is 2.19. The quantitative estimate of drug-likeness (QED) is 0.892. The molecule has 0 aliphatic carbocycles. The number of ether oxygens (including phenoxy) is 1. The predicted octanol–water partition coefficient (Wildman–Crippen LogP) is 3.17. The van der Waals surface area contributed by atoms with Crippen molar-refractivity contribution >= 4 is 22.9 Å². The van der Waals surface area contributed by atoms with E-state index in [9.17, 15) is 4.79 Å². The minimum absolute atomic E-state index is 0.0917. The zero-order chi connectivity index (χ0) is 14.7. The average Bonchev–Trinajstić information content (AvgIpc) is 3.01. The molecule has 0 spiro atoms. The van der Waals surface area contributed by atoms with E-state index in [2.05, 4.69) is 40.5 Å². The Morgan fingerprint density at radius 3 is 3.05 bits per heavy atom. The van der Waals surface area contributed by atoms with Crippen LogP contribution >= 0.6 is 11.3 Å². The molecule has 21 heavy (non-hydrogen) atoms. The molecule has 1 aliphatic rings. The molecule has 110 valence electrons. The van der Waals surface area contributed by atoms with Gasteiger partial charge in [-0.15, -0.1) is 0 Å². The van der Waals surface area contributed by atoms with Gasteiger partial charge in [0.15, 0.2) is 6.61 Å². The third-order valence-corrected chi connectivity index (χ3v) is 4.15. The van der Waals surface area contributed by atoms with E-state index in [1.807, 2.05) is 12.1 Å². The highest BCUT2D eigenvalue weighted by Crippen LogP contribution is 2.33. The maximum atomic E-state index is 11.5. The largest absolute Gasteiger partial charge is 0.482 e. The van der Waals surface area contributed by atoms with Crippen LogP contribution in [0.3, 0.4) is 0 Å². The smallest absolute Gasteiger partial charge is 0.262 e. The fraction of sp³-hybridized carbons (Fsp3) is 0.312. The molecule has 3 rings (SSSR count). The maximum absolute atomic E-state index is 11.5. The number of fused-ring (bicyclic) bond motifs is 1. The van der Waals surface area contributed by atoms with Crippen LogP contribution in [0.15, 0.2) is 35.0 Å². The molecule has 1 amide bonds. The van der Waals surface area contributed by atoms with Gasteiger partial charge in [0.25, 0.3) is 5.91 Å². The number of benzene rings is 1. The van der Waals surface area contributed by atoms with Gasteiger partial charge in [0, 0.05) is 0 Å². The van der Waals surface area contributed by atoms with Gasteiger partial charge in [-0.2, -0.15) is 11.3 Å². The molecule has 0 radical (unpaired) electrons. The molecule has 1 aliphatic heterocycles. The highest BCUT2D eigenvalue weighted by atomic mass is 32.1. The Hall–Kier alpha value is -1.85. The third kappa shape index (κ3) is 3.09. The van der Waals surface area contributed by atoms with Crippen LogP contribution in [0.1, 0.15) is 30.5 Å². The number of hydrogen-bond acceptors (Lipinski definition) is 4. The molecule has 2 heterocycles. The van der Waals surface area contributed by atoms with Crippen LogP contribution in [0.4, 0.5) is 5.69 Å². The minimum atomic E-state index is -0.103. The lowest BCUT2D eigenvalue weighted by Crippen LogP contribution is -2.26. The van der Waals surface area contributed by atoms with Crippen molar-refractivity contribution in [3.05, 3.63) is 46.2 Å². The summed E-state index contributed by atoms with van der Waals surface area (Å²) < 4.78 is 5.41. The molecule has 4 nitrogen and oxygen atoms in total. The van der Waals surface area contributed by atoms with Crippen LogP contribution in [-0.4, -0.2) is 19.1 Å². The van der Waals surface area contributed by atoms with E-state index in [4.69, 9.17) is 4.74 Å². The fourth-order valence-corrected chi connectivity index (χ4v) is 3.12. The lowest BCUT2D eigenvalue weighted by molar-refractivity contribution is -0.118. The van der Waals surface area contributed by atoms with Crippen molar-refractivity contribution in [2.75, 3.05) is 18.5 Å². The summed E-state index contributed by atoms with van der Waals surface area (Å²) in [5, 5.41) is 10.7. The summed E-state index contributed by atoms with van der Waals surface area (Å²) in [6.45, 7) is 3.19. The van der Waals surface area contributed by atoms with Gasteiger partial charge in [0.05, 0.1) is 11.7 Å². The SMILES string of the molecule is CCCNC(c1ccsc1)c1ccc2c(c1)NC(=O)CO2. The number of carbonyl (C=O) groups is 1. The number of nitrogens with one attached hydrogen (secondary N) is 2. The van der Waals surface area contributed by atoms with Crippen LogP contribution in [0.25, 0.3) is 0 Å². The molecule has 1 aromatic heterocycles. The Labute approximate surface area is 128 Å². The molecule has 1 aromatic carbocycles. The van der Waals surface area contributed by atoms with Crippen molar-refractivity contribution in [1.29, 1.82) is 0 Å². The Morgan fingerprint density at radius 1 is 1.38 bits per heavy atom. The van der Waals surface area contributed by atoms with Gasteiger partial charge in [-0.05, 0) is 53.1 Å². The number of anilines is 1. The average molecular weight is 302 g/mol. The zero-order valence-electron chi connectivity index (χ0n) is 11.9. The van der Waals surface area contributed by atoms with E-state index in [-0.39, 0.29) is 18.6 Å². The summed E-state index contributed by atoms with van der Waals surface area (Å²) in [7, 11) is 0. The fourth-order valence-electron chi connectivity index (χ4n) is 2.44. The van der Waals surface area contributed by atoms with Crippen molar-refractivity contribution in [3.63, 3.8) is 0 Å².